The predicted molar refractivity (Wildman–Crippen MR) is 37.0 cm³/mol. The number of likely N-dealkylation sites (N-methyl/N-ethyl adjacent to an activating group) is 1. The number of carboxylic acid groups (broad SMARTS) is 1. The summed E-state index contributed by atoms with van der Waals surface area (Å²) in [7, 11) is 3.81. The Hall–Kier alpha value is -0.610. The second-order valence-corrected chi connectivity index (χ2v) is 2.25. The lowest BCUT2D eigenvalue weighted by Crippen LogP contribution is -2.19. The molecular formula is C6H13NO3. The number of carboxylic acids is 1. The number of hydrogen-bond acceptors (Lipinski definition) is 3. The van der Waals surface area contributed by atoms with Gasteiger partial charge in [-0.1, -0.05) is 0 Å². The Morgan fingerprint density at radius 3 is 2.60 bits per heavy atom. The molecule has 0 saturated carbocycles. The van der Waals surface area contributed by atoms with Gasteiger partial charge in [-0.3, -0.25) is 0 Å². The molecule has 4 heteroatoms. The van der Waals surface area contributed by atoms with Gasteiger partial charge in [-0.2, -0.15) is 0 Å². The molecule has 0 atom stereocenters. The Kier molecular flexibility index (Phi) is 4.88. The van der Waals surface area contributed by atoms with Crippen molar-refractivity contribution >= 4 is 5.97 Å². The highest BCUT2D eigenvalue weighted by molar-refractivity contribution is 5.67. The molecule has 0 saturated heterocycles. The average molecular weight is 147 g/mol. The third-order valence-electron chi connectivity index (χ3n) is 0.908. The molecule has 0 unspecified atom stereocenters. The summed E-state index contributed by atoms with van der Waals surface area (Å²) in [5.41, 5.74) is 0. The van der Waals surface area contributed by atoms with E-state index in [1.165, 1.54) is 0 Å². The molecule has 0 aromatic heterocycles. The summed E-state index contributed by atoms with van der Waals surface area (Å²) in [4.78, 5) is 11.8. The first kappa shape index (κ1) is 9.39. The van der Waals surface area contributed by atoms with Crippen LogP contribution in [0.25, 0.3) is 0 Å². The second kappa shape index (κ2) is 5.20. The van der Waals surface area contributed by atoms with Crippen molar-refractivity contribution in [3.05, 3.63) is 0 Å². The van der Waals surface area contributed by atoms with E-state index in [0.717, 1.165) is 6.54 Å². The zero-order chi connectivity index (χ0) is 7.98. The van der Waals surface area contributed by atoms with Gasteiger partial charge in [-0.15, -0.1) is 0 Å². The van der Waals surface area contributed by atoms with E-state index in [0.29, 0.717) is 6.61 Å². The number of nitrogens with zero attached hydrogens (tertiary/aromatic N) is 1. The van der Waals surface area contributed by atoms with Crippen molar-refractivity contribution in [2.45, 2.75) is 0 Å². The van der Waals surface area contributed by atoms with E-state index in [1.807, 2.05) is 19.0 Å². The van der Waals surface area contributed by atoms with Gasteiger partial charge in [0.25, 0.3) is 0 Å². The lowest BCUT2D eigenvalue weighted by atomic mass is 10.6. The first-order valence-electron chi connectivity index (χ1n) is 3.07. The number of rotatable bonds is 5. The average Bonchev–Trinajstić information content (AvgIpc) is 1.79. The normalized spacial score (nSPS) is 10.3. The summed E-state index contributed by atoms with van der Waals surface area (Å²) in [5.74, 6) is -0.918. The molecule has 0 heterocycles. The maximum atomic E-state index is 9.91. The molecule has 0 rings (SSSR count). The van der Waals surface area contributed by atoms with Crippen molar-refractivity contribution in [3.63, 3.8) is 0 Å². The van der Waals surface area contributed by atoms with Gasteiger partial charge in [0.1, 0.15) is 6.61 Å². The van der Waals surface area contributed by atoms with Crippen LogP contribution in [0.5, 0.6) is 0 Å². The fraction of sp³-hybridized carbons (Fsp3) is 0.833. The van der Waals surface area contributed by atoms with Gasteiger partial charge in [0.05, 0.1) is 6.61 Å². The molecule has 10 heavy (non-hydrogen) atoms. The van der Waals surface area contributed by atoms with Gasteiger partial charge in [0.2, 0.25) is 0 Å². The highest BCUT2D eigenvalue weighted by Gasteiger charge is 1.95. The molecule has 0 aromatic rings. The largest absolute Gasteiger partial charge is 0.480 e. The van der Waals surface area contributed by atoms with Crippen LogP contribution >= 0.6 is 0 Å². The van der Waals surface area contributed by atoms with Crippen molar-refractivity contribution in [2.24, 2.45) is 0 Å². The van der Waals surface area contributed by atoms with Crippen molar-refractivity contribution in [1.82, 2.24) is 4.90 Å². The van der Waals surface area contributed by atoms with Crippen LogP contribution in [0, 0.1) is 0 Å². The zero-order valence-corrected chi connectivity index (χ0v) is 6.33. The Morgan fingerprint density at radius 2 is 2.20 bits per heavy atom. The molecular weight excluding hydrogens is 134 g/mol. The summed E-state index contributed by atoms with van der Waals surface area (Å²) in [5, 5.41) is 8.14. The van der Waals surface area contributed by atoms with Crippen LogP contribution in [0.4, 0.5) is 0 Å². The van der Waals surface area contributed by atoms with Crippen LogP contribution in [0.1, 0.15) is 0 Å². The molecule has 0 spiro atoms. The van der Waals surface area contributed by atoms with Gasteiger partial charge in [-0.25, -0.2) is 4.79 Å². The van der Waals surface area contributed by atoms with Crippen molar-refractivity contribution in [2.75, 3.05) is 33.9 Å². The van der Waals surface area contributed by atoms with Gasteiger partial charge in [0, 0.05) is 6.54 Å². The Morgan fingerprint density at radius 1 is 1.60 bits per heavy atom. The van der Waals surface area contributed by atoms with Crippen LogP contribution < -0.4 is 0 Å². The molecule has 0 aromatic carbocycles. The van der Waals surface area contributed by atoms with Crippen LogP contribution in [0.15, 0.2) is 0 Å². The number of ether oxygens (including phenoxy) is 1. The quantitative estimate of drug-likeness (QED) is 0.540. The summed E-state index contributed by atoms with van der Waals surface area (Å²) >= 11 is 0. The van der Waals surface area contributed by atoms with Gasteiger partial charge in [-0.05, 0) is 14.1 Å². The van der Waals surface area contributed by atoms with Gasteiger partial charge < -0.3 is 14.7 Å². The molecule has 0 aliphatic heterocycles. The van der Waals surface area contributed by atoms with E-state index in [2.05, 4.69) is 0 Å². The Labute approximate surface area is 60.4 Å². The molecule has 0 amide bonds. The van der Waals surface area contributed by atoms with E-state index >= 15 is 0 Å². The summed E-state index contributed by atoms with van der Waals surface area (Å²) in [6, 6.07) is 0. The summed E-state index contributed by atoms with van der Waals surface area (Å²) < 4.78 is 4.76. The first-order valence-corrected chi connectivity index (χ1v) is 3.07. The molecule has 0 bridgehead atoms. The number of carbonyl (C=O) groups is 1. The van der Waals surface area contributed by atoms with Crippen molar-refractivity contribution in [3.8, 4) is 0 Å². The maximum absolute atomic E-state index is 9.91. The first-order chi connectivity index (χ1) is 4.63. The number of aliphatic carboxylic acids is 1. The van der Waals surface area contributed by atoms with Crippen LogP contribution in [-0.4, -0.2) is 49.8 Å². The fourth-order valence-electron chi connectivity index (χ4n) is 0.407. The zero-order valence-electron chi connectivity index (χ0n) is 6.33. The topological polar surface area (TPSA) is 49.8 Å². The van der Waals surface area contributed by atoms with E-state index in [9.17, 15) is 4.79 Å². The highest BCUT2D eigenvalue weighted by atomic mass is 16.5. The minimum Gasteiger partial charge on any atom is -0.480 e. The van der Waals surface area contributed by atoms with E-state index < -0.39 is 5.97 Å². The molecule has 0 aliphatic rings. The summed E-state index contributed by atoms with van der Waals surface area (Å²) in [6.45, 7) is 1.03. The SMILES string of the molecule is CN(C)CCOCC(=O)O. The Balaban J connectivity index is 2.98. The third kappa shape index (κ3) is 7.39. The Bertz CT molecular complexity index is 103. The molecule has 0 aliphatic carbocycles. The highest BCUT2D eigenvalue weighted by Crippen LogP contribution is 1.77. The molecule has 0 radical (unpaired) electrons. The minimum absolute atomic E-state index is 0.201. The minimum atomic E-state index is -0.918. The molecule has 1 N–H and O–H groups in total. The van der Waals surface area contributed by atoms with Crippen molar-refractivity contribution in [1.29, 1.82) is 0 Å². The molecule has 60 valence electrons. The van der Waals surface area contributed by atoms with Crippen LogP contribution in [0.2, 0.25) is 0 Å². The summed E-state index contributed by atoms with van der Waals surface area (Å²) in [6.07, 6.45) is 0. The monoisotopic (exact) mass is 147 g/mol. The standard InChI is InChI=1S/C6H13NO3/c1-7(2)3-4-10-5-6(8)9/h3-5H2,1-2H3,(H,8,9). The number of hydrogen-bond donors (Lipinski definition) is 1. The third-order valence-corrected chi connectivity index (χ3v) is 0.908. The fourth-order valence-corrected chi connectivity index (χ4v) is 0.407. The predicted octanol–water partition coefficient (Wildman–Crippen LogP) is -0.351. The molecule has 0 fully saturated rings. The van der Waals surface area contributed by atoms with Crippen molar-refractivity contribution < 1.29 is 14.6 Å². The van der Waals surface area contributed by atoms with Crippen LogP contribution in [0.3, 0.4) is 0 Å². The van der Waals surface area contributed by atoms with Gasteiger partial charge >= 0.3 is 5.97 Å². The van der Waals surface area contributed by atoms with Gasteiger partial charge in [0.15, 0.2) is 0 Å². The second-order valence-electron chi connectivity index (χ2n) is 2.25. The van der Waals surface area contributed by atoms with E-state index in [1.54, 1.807) is 0 Å². The molecule has 4 nitrogen and oxygen atoms in total. The smallest absolute Gasteiger partial charge is 0.329 e. The lowest BCUT2D eigenvalue weighted by molar-refractivity contribution is -0.142. The van der Waals surface area contributed by atoms with E-state index in [4.69, 9.17) is 9.84 Å². The maximum Gasteiger partial charge on any atom is 0.329 e. The lowest BCUT2D eigenvalue weighted by Gasteiger charge is -2.07. The van der Waals surface area contributed by atoms with E-state index in [-0.39, 0.29) is 6.61 Å². The van der Waals surface area contributed by atoms with Crippen LogP contribution in [-0.2, 0) is 9.53 Å².